The predicted molar refractivity (Wildman–Crippen MR) is 112 cm³/mol. The second-order valence-corrected chi connectivity index (χ2v) is 8.58. The van der Waals surface area contributed by atoms with Crippen molar-refractivity contribution in [2.75, 3.05) is 7.11 Å². The SMILES string of the molecule is COC(=O)C(C)NC(=O)C(C)Sc1cc(-n2c(=O)cc(C(F)(F)F)n(C)c2=O)c(F)cc1Cl. The number of carbonyl (C=O) groups excluding carboxylic acids is 2. The van der Waals surface area contributed by atoms with Crippen molar-refractivity contribution < 1.29 is 31.9 Å². The Morgan fingerprint density at radius 3 is 2.33 bits per heavy atom. The number of nitrogens with zero attached hydrogens (tertiary/aromatic N) is 2. The molecule has 1 N–H and O–H groups in total. The van der Waals surface area contributed by atoms with Crippen LogP contribution in [0.3, 0.4) is 0 Å². The van der Waals surface area contributed by atoms with E-state index < -0.39 is 57.8 Å². The fourth-order valence-electron chi connectivity index (χ4n) is 2.71. The van der Waals surface area contributed by atoms with Crippen LogP contribution in [0.4, 0.5) is 17.6 Å². The Balaban J connectivity index is 2.48. The van der Waals surface area contributed by atoms with Gasteiger partial charge in [0, 0.05) is 18.0 Å². The molecule has 0 aliphatic carbocycles. The Bertz CT molecular complexity index is 1210. The highest BCUT2D eigenvalue weighted by atomic mass is 35.5. The van der Waals surface area contributed by atoms with E-state index in [0.717, 1.165) is 38.1 Å². The van der Waals surface area contributed by atoms with Gasteiger partial charge in [0.1, 0.15) is 17.6 Å². The lowest BCUT2D eigenvalue weighted by Gasteiger charge is -2.18. The van der Waals surface area contributed by atoms with E-state index in [9.17, 15) is 36.7 Å². The number of hydrogen-bond acceptors (Lipinski definition) is 6. The number of nitrogens with one attached hydrogen (secondary N) is 1. The summed E-state index contributed by atoms with van der Waals surface area (Å²) in [5.41, 5.74) is -4.97. The Kier molecular flexibility index (Phi) is 8.01. The minimum Gasteiger partial charge on any atom is -0.467 e. The molecule has 1 aromatic heterocycles. The van der Waals surface area contributed by atoms with Gasteiger partial charge in [-0.2, -0.15) is 13.2 Å². The number of amides is 1. The van der Waals surface area contributed by atoms with E-state index in [2.05, 4.69) is 10.1 Å². The van der Waals surface area contributed by atoms with Crippen LogP contribution >= 0.6 is 23.4 Å². The maximum absolute atomic E-state index is 14.6. The van der Waals surface area contributed by atoms with Gasteiger partial charge in [-0.1, -0.05) is 11.6 Å². The first-order valence-corrected chi connectivity index (χ1v) is 10.4. The zero-order valence-electron chi connectivity index (χ0n) is 17.6. The number of hydrogen-bond donors (Lipinski definition) is 1. The molecule has 1 aromatic carbocycles. The molecule has 0 saturated carbocycles. The van der Waals surface area contributed by atoms with Crippen LogP contribution in [0.1, 0.15) is 19.5 Å². The van der Waals surface area contributed by atoms with Crippen LogP contribution in [0, 0.1) is 5.82 Å². The smallest absolute Gasteiger partial charge is 0.431 e. The second-order valence-electron chi connectivity index (χ2n) is 6.79. The molecule has 0 radical (unpaired) electrons. The van der Waals surface area contributed by atoms with Gasteiger partial charge in [0.05, 0.1) is 23.1 Å². The molecule has 33 heavy (non-hydrogen) atoms. The summed E-state index contributed by atoms with van der Waals surface area (Å²) in [4.78, 5) is 48.6. The van der Waals surface area contributed by atoms with Gasteiger partial charge < -0.3 is 10.1 Å². The van der Waals surface area contributed by atoms with Crippen molar-refractivity contribution in [1.82, 2.24) is 14.5 Å². The molecule has 180 valence electrons. The molecule has 2 unspecified atom stereocenters. The van der Waals surface area contributed by atoms with Crippen molar-refractivity contribution in [2.45, 2.75) is 36.2 Å². The van der Waals surface area contributed by atoms with Gasteiger partial charge in [-0.3, -0.25) is 14.2 Å². The standard InChI is InChI=1S/C19H18ClF4N3O5S/c1-8(17(30)32-4)25-16(29)9(2)33-13-6-12(11(21)5-10(13)20)27-15(28)7-14(19(22,23)24)26(3)18(27)31/h5-9H,1-4H3,(H,25,29). The van der Waals surface area contributed by atoms with Gasteiger partial charge in [0.15, 0.2) is 0 Å². The van der Waals surface area contributed by atoms with Crippen molar-refractivity contribution in [3.8, 4) is 5.69 Å². The summed E-state index contributed by atoms with van der Waals surface area (Å²) < 4.78 is 58.7. The topological polar surface area (TPSA) is 99.4 Å². The van der Waals surface area contributed by atoms with E-state index in [0.29, 0.717) is 0 Å². The van der Waals surface area contributed by atoms with Crippen molar-refractivity contribution >= 4 is 35.2 Å². The zero-order chi connectivity index (χ0) is 25.2. The number of halogens is 5. The molecule has 0 aliphatic rings. The van der Waals surface area contributed by atoms with E-state index in [1.165, 1.54) is 13.8 Å². The third kappa shape index (κ3) is 5.77. The Morgan fingerprint density at radius 1 is 1.18 bits per heavy atom. The highest BCUT2D eigenvalue weighted by molar-refractivity contribution is 8.00. The summed E-state index contributed by atoms with van der Waals surface area (Å²) in [5, 5.41) is 1.36. The van der Waals surface area contributed by atoms with Crippen molar-refractivity contribution in [2.24, 2.45) is 7.05 Å². The van der Waals surface area contributed by atoms with Gasteiger partial charge in [0.25, 0.3) is 5.56 Å². The summed E-state index contributed by atoms with van der Waals surface area (Å²) in [6, 6.07) is 0.974. The minimum absolute atomic E-state index is 0.0651. The molecule has 0 fully saturated rings. The summed E-state index contributed by atoms with van der Waals surface area (Å²) in [5.74, 6) is -2.41. The van der Waals surface area contributed by atoms with Gasteiger partial charge in [-0.25, -0.2) is 18.5 Å². The van der Waals surface area contributed by atoms with Crippen LogP contribution in [0.2, 0.25) is 5.02 Å². The van der Waals surface area contributed by atoms with E-state index in [1.807, 2.05) is 0 Å². The van der Waals surface area contributed by atoms with Crippen LogP contribution in [0.5, 0.6) is 0 Å². The minimum atomic E-state index is -4.98. The third-order valence-corrected chi connectivity index (χ3v) is 6.02. The molecular formula is C19H18ClF4N3O5S. The molecule has 0 aliphatic heterocycles. The molecule has 0 bridgehead atoms. The quantitative estimate of drug-likeness (QED) is 0.363. The number of rotatable bonds is 6. The van der Waals surface area contributed by atoms with Gasteiger partial charge in [-0.15, -0.1) is 11.8 Å². The molecule has 2 rings (SSSR count). The first kappa shape index (κ1) is 26.5. The predicted octanol–water partition coefficient (Wildman–Crippen LogP) is 2.51. The number of benzene rings is 1. The summed E-state index contributed by atoms with van der Waals surface area (Å²) in [6.07, 6.45) is -4.98. The van der Waals surface area contributed by atoms with Crippen LogP contribution in [0.25, 0.3) is 5.69 Å². The van der Waals surface area contributed by atoms with Gasteiger partial charge in [0.2, 0.25) is 5.91 Å². The van der Waals surface area contributed by atoms with Crippen molar-refractivity contribution in [1.29, 1.82) is 0 Å². The largest absolute Gasteiger partial charge is 0.467 e. The maximum Gasteiger partial charge on any atom is 0.431 e. The normalized spacial score (nSPS) is 13.4. The Morgan fingerprint density at radius 2 is 1.79 bits per heavy atom. The molecule has 1 amide bonds. The summed E-state index contributed by atoms with van der Waals surface area (Å²) in [7, 11) is 1.94. The number of carbonyl (C=O) groups is 2. The van der Waals surface area contributed by atoms with E-state index in [-0.39, 0.29) is 25.1 Å². The molecule has 0 saturated heterocycles. The highest BCUT2D eigenvalue weighted by Crippen LogP contribution is 2.34. The van der Waals surface area contributed by atoms with Crippen LogP contribution < -0.4 is 16.6 Å². The second kappa shape index (κ2) is 10.00. The zero-order valence-corrected chi connectivity index (χ0v) is 19.2. The Labute approximate surface area is 193 Å². The maximum atomic E-state index is 14.6. The van der Waals surface area contributed by atoms with Crippen molar-refractivity contribution in [3.63, 3.8) is 0 Å². The molecular weight excluding hydrogens is 494 g/mol. The number of alkyl halides is 3. The lowest BCUT2D eigenvalue weighted by Crippen LogP contribution is -2.42. The number of methoxy groups -OCH3 is 1. The fourth-order valence-corrected chi connectivity index (χ4v) is 3.90. The van der Waals surface area contributed by atoms with Gasteiger partial charge >= 0.3 is 17.8 Å². The molecule has 1 heterocycles. The fraction of sp³-hybridized carbons (Fsp3) is 0.368. The summed E-state index contributed by atoms with van der Waals surface area (Å²) >= 11 is 6.84. The number of esters is 1. The number of ether oxygens (including phenoxy) is 1. The molecule has 2 aromatic rings. The van der Waals surface area contributed by atoms with Gasteiger partial charge in [-0.05, 0) is 26.0 Å². The first-order chi connectivity index (χ1) is 15.2. The highest BCUT2D eigenvalue weighted by Gasteiger charge is 2.35. The number of aromatic nitrogens is 2. The Hall–Kier alpha value is -2.80. The first-order valence-electron chi connectivity index (χ1n) is 9.13. The summed E-state index contributed by atoms with van der Waals surface area (Å²) in [6.45, 7) is 2.85. The van der Waals surface area contributed by atoms with Crippen LogP contribution in [-0.4, -0.2) is 39.4 Å². The van der Waals surface area contributed by atoms with E-state index >= 15 is 0 Å². The third-order valence-electron chi connectivity index (χ3n) is 4.44. The lowest BCUT2D eigenvalue weighted by atomic mass is 10.3. The average molecular weight is 512 g/mol. The van der Waals surface area contributed by atoms with Crippen LogP contribution in [0.15, 0.2) is 32.7 Å². The monoisotopic (exact) mass is 511 g/mol. The van der Waals surface area contributed by atoms with Crippen LogP contribution in [-0.2, 0) is 27.5 Å². The molecule has 14 heteroatoms. The van der Waals surface area contributed by atoms with Crippen molar-refractivity contribution in [3.05, 3.63) is 55.6 Å². The molecule has 8 nitrogen and oxygen atoms in total. The number of thioether (sulfide) groups is 1. The van der Waals surface area contributed by atoms with E-state index in [4.69, 9.17) is 11.6 Å². The average Bonchev–Trinajstić information content (AvgIpc) is 2.71. The molecule has 2 atom stereocenters. The lowest BCUT2D eigenvalue weighted by molar-refractivity contribution is -0.144. The molecule has 0 spiro atoms. The van der Waals surface area contributed by atoms with E-state index in [1.54, 1.807) is 0 Å².